The summed E-state index contributed by atoms with van der Waals surface area (Å²) >= 11 is 0. The van der Waals surface area contributed by atoms with Crippen LogP contribution in [0.2, 0.25) is 0 Å². The van der Waals surface area contributed by atoms with Crippen LogP contribution in [-0.4, -0.2) is 44.6 Å². The van der Waals surface area contributed by atoms with Gasteiger partial charge < -0.3 is 20.3 Å². The number of benzene rings is 2. The van der Waals surface area contributed by atoms with E-state index < -0.39 is 12.7 Å². The molecule has 3 N–H and O–H groups in total. The first-order valence-corrected chi connectivity index (χ1v) is 9.90. The van der Waals surface area contributed by atoms with Gasteiger partial charge in [0.05, 0.1) is 13.1 Å². The quantitative estimate of drug-likeness (QED) is 0.545. The first-order valence-electron chi connectivity index (χ1n) is 9.90. The Hall–Kier alpha value is -3.00. The maximum Gasteiger partial charge on any atom is 0.387 e. The van der Waals surface area contributed by atoms with Crippen molar-refractivity contribution in [2.45, 2.75) is 31.5 Å². The summed E-state index contributed by atoms with van der Waals surface area (Å²) in [6, 6.07) is 15.4. The molecule has 3 rings (SSSR count). The van der Waals surface area contributed by atoms with Crippen molar-refractivity contribution in [2.75, 3.05) is 20.1 Å². The predicted octanol–water partition coefficient (Wildman–Crippen LogP) is 1.29. The summed E-state index contributed by atoms with van der Waals surface area (Å²) in [5.74, 6) is -0.219. The first kappa shape index (κ1) is 21.7. The molecule has 1 aliphatic carbocycles. The predicted molar refractivity (Wildman–Crippen MR) is 107 cm³/mol. The minimum absolute atomic E-state index is 0.0535. The Morgan fingerprint density at radius 2 is 1.60 bits per heavy atom. The van der Waals surface area contributed by atoms with Gasteiger partial charge in [-0.15, -0.1) is 0 Å². The van der Waals surface area contributed by atoms with Crippen LogP contribution in [0.25, 0.3) is 0 Å². The lowest BCUT2D eigenvalue weighted by Crippen LogP contribution is -3.11. The van der Waals surface area contributed by atoms with Gasteiger partial charge in [-0.2, -0.15) is 8.78 Å². The monoisotopic (exact) mass is 418 g/mol. The molecular weight excluding hydrogens is 392 g/mol. The van der Waals surface area contributed by atoms with Crippen LogP contribution in [-0.2, 0) is 9.59 Å². The second-order valence-corrected chi connectivity index (χ2v) is 7.51. The number of hydrogen-bond donors (Lipinski definition) is 3. The van der Waals surface area contributed by atoms with Gasteiger partial charge in [0.2, 0.25) is 0 Å². The number of nitrogens with one attached hydrogen (secondary N) is 3. The fraction of sp³-hybridized carbons (Fsp3) is 0.364. The van der Waals surface area contributed by atoms with Gasteiger partial charge in [-0.3, -0.25) is 9.59 Å². The van der Waals surface area contributed by atoms with Crippen LogP contribution in [0.5, 0.6) is 5.75 Å². The number of alkyl halides is 2. The lowest BCUT2D eigenvalue weighted by atomic mass is 9.98. The molecular formula is C22H26F2N3O3+. The fourth-order valence-corrected chi connectivity index (χ4v) is 3.18. The maximum atomic E-state index is 12.7. The maximum absolute atomic E-state index is 12.7. The van der Waals surface area contributed by atoms with Crippen molar-refractivity contribution in [1.29, 1.82) is 0 Å². The standard InChI is InChI=1S/C22H25F2N3O3/c1-27(13-19(28)25-17-9-10-17)14-20(29)26-21(15-5-3-2-4-6-15)16-7-11-18(12-8-16)30-22(23)24/h2-8,11-12,17,21-22H,9-10,13-14H2,1H3,(H,25,28)(H,26,29)/p+1/t21-/m1/s1. The Balaban J connectivity index is 1.65. The van der Waals surface area contributed by atoms with Crippen LogP contribution in [0, 0.1) is 0 Å². The van der Waals surface area contributed by atoms with E-state index in [1.165, 1.54) is 12.1 Å². The van der Waals surface area contributed by atoms with Crippen molar-refractivity contribution in [1.82, 2.24) is 10.6 Å². The second-order valence-electron chi connectivity index (χ2n) is 7.51. The molecule has 6 nitrogen and oxygen atoms in total. The van der Waals surface area contributed by atoms with Crippen molar-refractivity contribution >= 4 is 11.8 Å². The summed E-state index contributed by atoms with van der Waals surface area (Å²) in [5, 5.41) is 5.90. The number of carbonyl (C=O) groups is 2. The van der Waals surface area contributed by atoms with Crippen LogP contribution in [0.15, 0.2) is 54.6 Å². The molecule has 0 spiro atoms. The molecule has 2 atom stereocenters. The Bertz CT molecular complexity index is 842. The minimum atomic E-state index is -2.89. The molecule has 0 aromatic heterocycles. The molecule has 2 aromatic rings. The molecule has 0 heterocycles. The van der Waals surface area contributed by atoms with Crippen molar-refractivity contribution in [2.24, 2.45) is 0 Å². The third kappa shape index (κ3) is 6.81. The summed E-state index contributed by atoms with van der Waals surface area (Å²) in [6.45, 7) is -2.54. The van der Waals surface area contributed by atoms with Crippen molar-refractivity contribution in [3.63, 3.8) is 0 Å². The van der Waals surface area contributed by atoms with E-state index in [1.54, 1.807) is 19.2 Å². The number of ether oxygens (including phenoxy) is 1. The molecule has 1 aliphatic rings. The number of likely N-dealkylation sites (N-methyl/N-ethyl adjacent to an activating group) is 1. The van der Waals surface area contributed by atoms with Crippen LogP contribution in [0.1, 0.15) is 30.0 Å². The number of hydrogen-bond acceptors (Lipinski definition) is 3. The van der Waals surface area contributed by atoms with Gasteiger partial charge in [-0.1, -0.05) is 42.5 Å². The van der Waals surface area contributed by atoms with Crippen LogP contribution in [0.4, 0.5) is 8.78 Å². The Labute approximate surface area is 174 Å². The van der Waals surface area contributed by atoms with Gasteiger partial charge in [-0.05, 0) is 36.1 Å². The number of rotatable bonds is 10. The third-order valence-corrected chi connectivity index (χ3v) is 4.74. The fourth-order valence-electron chi connectivity index (χ4n) is 3.18. The lowest BCUT2D eigenvalue weighted by Gasteiger charge is -2.21. The molecule has 0 radical (unpaired) electrons. The Kier molecular flexibility index (Phi) is 7.35. The summed E-state index contributed by atoms with van der Waals surface area (Å²) in [7, 11) is 1.79. The number of amides is 2. The normalized spacial score (nSPS) is 15.3. The molecule has 1 saturated carbocycles. The van der Waals surface area contributed by atoms with E-state index in [0.29, 0.717) is 6.04 Å². The van der Waals surface area contributed by atoms with Gasteiger partial charge in [-0.25, -0.2) is 0 Å². The second kappa shape index (κ2) is 10.2. The Morgan fingerprint density at radius 1 is 1.00 bits per heavy atom. The number of carbonyl (C=O) groups excluding carboxylic acids is 2. The van der Waals surface area contributed by atoms with Crippen molar-refractivity contribution in [3.8, 4) is 5.75 Å². The van der Waals surface area contributed by atoms with E-state index in [4.69, 9.17) is 0 Å². The number of quaternary nitrogens is 1. The Morgan fingerprint density at radius 3 is 2.20 bits per heavy atom. The first-order chi connectivity index (χ1) is 14.4. The highest BCUT2D eigenvalue weighted by atomic mass is 19.3. The highest BCUT2D eigenvalue weighted by molar-refractivity contribution is 5.79. The highest BCUT2D eigenvalue weighted by Crippen LogP contribution is 2.24. The highest BCUT2D eigenvalue weighted by Gasteiger charge is 2.25. The molecule has 0 bridgehead atoms. The molecule has 0 saturated heterocycles. The van der Waals surface area contributed by atoms with Crippen molar-refractivity contribution < 1.29 is 28.0 Å². The summed E-state index contributed by atoms with van der Waals surface area (Å²) < 4.78 is 29.2. The van der Waals surface area contributed by atoms with E-state index in [2.05, 4.69) is 15.4 Å². The smallest absolute Gasteiger partial charge is 0.387 e. The summed E-state index contributed by atoms with van der Waals surface area (Å²) in [4.78, 5) is 25.4. The van der Waals surface area contributed by atoms with Gasteiger partial charge >= 0.3 is 6.61 Å². The average molecular weight is 418 g/mol. The average Bonchev–Trinajstić information content (AvgIpc) is 3.50. The third-order valence-electron chi connectivity index (χ3n) is 4.74. The molecule has 8 heteroatoms. The number of halogens is 2. The summed E-state index contributed by atoms with van der Waals surface area (Å²) in [6.07, 6.45) is 2.04. The molecule has 160 valence electrons. The molecule has 30 heavy (non-hydrogen) atoms. The SMILES string of the molecule is C[NH+](CC(=O)NC1CC1)CC(=O)N[C@H](c1ccccc1)c1ccc(OC(F)F)cc1. The van der Waals surface area contributed by atoms with E-state index in [9.17, 15) is 18.4 Å². The van der Waals surface area contributed by atoms with Crippen LogP contribution in [0.3, 0.4) is 0 Å². The zero-order valence-corrected chi connectivity index (χ0v) is 16.7. The minimum Gasteiger partial charge on any atom is -0.435 e. The van der Waals surface area contributed by atoms with Gasteiger partial charge in [0.15, 0.2) is 13.1 Å². The summed E-state index contributed by atoms with van der Waals surface area (Å²) in [5.41, 5.74) is 1.60. The van der Waals surface area contributed by atoms with E-state index in [1.807, 2.05) is 30.3 Å². The zero-order valence-electron chi connectivity index (χ0n) is 16.7. The molecule has 0 aliphatic heterocycles. The molecule has 2 aromatic carbocycles. The van der Waals surface area contributed by atoms with Crippen LogP contribution < -0.4 is 20.3 Å². The largest absolute Gasteiger partial charge is 0.435 e. The van der Waals surface area contributed by atoms with E-state index >= 15 is 0 Å². The van der Waals surface area contributed by atoms with E-state index in [0.717, 1.165) is 28.9 Å². The van der Waals surface area contributed by atoms with Gasteiger partial charge in [0.25, 0.3) is 11.8 Å². The van der Waals surface area contributed by atoms with Gasteiger partial charge in [0, 0.05) is 6.04 Å². The molecule has 1 fully saturated rings. The van der Waals surface area contributed by atoms with Gasteiger partial charge in [0.1, 0.15) is 5.75 Å². The molecule has 2 amide bonds. The van der Waals surface area contributed by atoms with Crippen molar-refractivity contribution in [3.05, 3.63) is 65.7 Å². The topological polar surface area (TPSA) is 71.9 Å². The molecule has 1 unspecified atom stereocenters. The zero-order chi connectivity index (χ0) is 21.5. The van der Waals surface area contributed by atoms with Crippen LogP contribution >= 0.6 is 0 Å². The van der Waals surface area contributed by atoms with E-state index in [-0.39, 0.29) is 30.7 Å². The lowest BCUT2D eigenvalue weighted by molar-refractivity contribution is -0.862.